The van der Waals surface area contributed by atoms with Crippen molar-refractivity contribution in [1.82, 2.24) is 0 Å². The van der Waals surface area contributed by atoms with Crippen molar-refractivity contribution in [3.05, 3.63) is 87.9 Å². The van der Waals surface area contributed by atoms with Crippen molar-refractivity contribution in [2.24, 2.45) is 7.05 Å². The zero-order valence-electron chi connectivity index (χ0n) is 21.4. The molecule has 198 valence electrons. The van der Waals surface area contributed by atoms with Gasteiger partial charge < -0.3 is 19.7 Å². The molecule has 2 heterocycles. The fourth-order valence-corrected chi connectivity index (χ4v) is 6.63. The third kappa shape index (κ3) is 6.21. The molecule has 0 atom stereocenters. The van der Waals surface area contributed by atoms with Crippen LogP contribution in [-0.2, 0) is 17.2 Å². The third-order valence-electron chi connectivity index (χ3n) is 6.04. The molecule has 1 aliphatic rings. The first-order valence-corrected chi connectivity index (χ1v) is 14.8. The van der Waals surface area contributed by atoms with Crippen molar-refractivity contribution < 1.29 is 27.8 Å². The molecular formula is C28H28N2O5S3. The Labute approximate surface area is 230 Å². The molecule has 0 amide bonds. The smallest absolute Gasteiger partial charge is 0.262 e. The van der Waals surface area contributed by atoms with Gasteiger partial charge in [0.1, 0.15) is 33.4 Å². The number of nitrogens with zero attached hydrogens (tertiary/aromatic N) is 2. The van der Waals surface area contributed by atoms with Crippen LogP contribution in [0.5, 0.6) is 11.5 Å². The zero-order valence-corrected chi connectivity index (χ0v) is 23.8. The summed E-state index contributed by atoms with van der Waals surface area (Å²) in [5.74, 6) is 0.588. The largest absolute Gasteiger partial charge is 0.744 e. The van der Waals surface area contributed by atoms with E-state index in [4.69, 9.17) is 0 Å². The number of thioether (sulfide) groups is 1. The molecule has 7 nitrogen and oxygen atoms in total. The zero-order chi connectivity index (χ0) is 27.6. The van der Waals surface area contributed by atoms with E-state index in [1.165, 1.54) is 17.7 Å². The first-order chi connectivity index (χ1) is 18.0. The number of phenols is 2. The average molecular weight is 569 g/mol. The van der Waals surface area contributed by atoms with E-state index in [1.54, 1.807) is 47.4 Å². The van der Waals surface area contributed by atoms with Gasteiger partial charge >= 0.3 is 0 Å². The number of fused-ring (bicyclic) bond motifs is 2. The number of aromatic nitrogens is 1. The van der Waals surface area contributed by atoms with Crippen LogP contribution < -0.4 is 9.47 Å². The first-order valence-electron chi connectivity index (χ1n) is 11.8. The monoisotopic (exact) mass is 568 g/mol. The van der Waals surface area contributed by atoms with Crippen molar-refractivity contribution in [2.75, 3.05) is 11.9 Å². The molecule has 0 radical (unpaired) electrons. The van der Waals surface area contributed by atoms with E-state index >= 15 is 0 Å². The predicted octanol–water partition coefficient (Wildman–Crippen LogP) is 5.91. The van der Waals surface area contributed by atoms with Crippen LogP contribution in [0.2, 0.25) is 0 Å². The Morgan fingerprint density at radius 1 is 1.05 bits per heavy atom. The van der Waals surface area contributed by atoms with Gasteiger partial charge in [-0.15, -0.1) is 0 Å². The van der Waals surface area contributed by atoms with E-state index in [-0.39, 0.29) is 4.90 Å². The number of hydrogen-bond donors (Lipinski definition) is 2. The lowest BCUT2D eigenvalue weighted by molar-refractivity contribution is -0.642. The molecular weight excluding hydrogens is 541 g/mol. The fourth-order valence-electron chi connectivity index (χ4n) is 3.84. The van der Waals surface area contributed by atoms with Gasteiger partial charge in [-0.3, -0.25) is 0 Å². The second-order valence-corrected chi connectivity index (χ2v) is 12.3. The van der Waals surface area contributed by atoms with Crippen LogP contribution in [0.15, 0.2) is 87.1 Å². The second kappa shape index (κ2) is 11.2. The van der Waals surface area contributed by atoms with Crippen LogP contribution in [0.4, 0.5) is 5.69 Å². The van der Waals surface area contributed by atoms with Crippen molar-refractivity contribution in [2.45, 2.75) is 30.1 Å². The minimum absolute atomic E-state index is 0.178. The molecule has 3 aromatic carbocycles. The standard InChI is InChI=1S/C21H20N2O2S2.C7H8O3S/c1-4-13(9-20-22(2)16-7-5-14(24)11-18(16)26-20)10-21-23(3)17-8-6-15(25)12-19(17)27-21;1-6-2-4-7(5-3-6)11(8,9)10/h5-12H,4H2,1-3H3,(H-,24,25);2-5H,1H3,(H,8,9,10). The van der Waals surface area contributed by atoms with Crippen molar-refractivity contribution in [3.63, 3.8) is 0 Å². The summed E-state index contributed by atoms with van der Waals surface area (Å²) in [6.07, 6.45) is 5.34. The maximum absolute atomic E-state index is 10.4. The summed E-state index contributed by atoms with van der Waals surface area (Å²) in [5.41, 5.74) is 4.38. The first kappa shape index (κ1) is 27.7. The molecule has 0 aliphatic carbocycles. The Bertz CT molecular complexity index is 1660. The molecule has 10 heteroatoms. The van der Waals surface area contributed by atoms with Crippen LogP contribution in [-0.4, -0.2) is 30.2 Å². The second-order valence-electron chi connectivity index (χ2n) is 8.79. The van der Waals surface area contributed by atoms with Gasteiger partial charge in [0, 0.05) is 30.2 Å². The lowest BCUT2D eigenvalue weighted by atomic mass is 10.2. The quantitative estimate of drug-likeness (QED) is 0.233. The summed E-state index contributed by atoms with van der Waals surface area (Å²) < 4.78 is 34.4. The van der Waals surface area contributed by atoms with E-state index in [9.17, 15) is 23.2 Å². The number of aryl methyl sites for hydroxylation is 2. The van der Waals surface area contributed by atoms with Gasteiger partial charge in [0.25, 0.3) is 5.01 Å². The normalized spacial score (nSPS) is 14.5. The fraction of sp³-hybridized carbons (Fsp3) is 0.179. The summed E-state index contributed by atoms with van der Waals surface area (Å²) in [6, 6.07) is 16.8. The topological polar surface area (TPSA) is 105 Å². The average Bonchev–Trinajstić information content (AvgIpc) is 3.33. The highest BCUT2D eigenvalue weighted by atomic mass is 32.2. The summed E-state index contributed by atoms with van der Waals surface area (Å²) >= 11 is 3.35. The Morgan fingerprint density at radius 2 is 1.71 bits per heavy atom. The predicted molar refractivity (Wildman–Crippen MR) is 153 cm³/mol. The molecule has 4 aromatic rings. The molecule has 0 spiro atoms. The summed E-state index contributed by atoms with van der Waals surface area (Å²) in [6.45, 7) is 3.97. The van der Waals surface area contributed by atoms with Crippen LogP contribution in [0.3, 0.4) is 0 Å². The number of rotatable bonds is 4. The maximum Gasteiger partial charge on any atom is 0.262 e. The lowest BCUT2D eigenvalue weighted by Gasteiger charge is -2.13. The third-order valence-corrected chi connectivity index (χ3v) is 9.18. The summed E-state index contributed by atoms with van der Waals surface area (Å²) in [7, 11) is -0.164. The van der Waals surface area contributed by atoms with Gasteiger partial charge in [-0.25, -0.2) is 8.42 Å². The molecule has 0 saturated heterocycles. The highest BCUT2D eigenvalue weighted by Gasteiger charge is 2.23. The minimum atomic E-state index is -4.27. The Hall–Kier alpha value is -3.31. The van der Waals surface area contributed by atoms with Crippen molar-refractivity contribution >= 4 is 55.2 Å². The number of benzene rings is 3. The maximum atomic E-state index is 10.4. The van der Waals surface area contributed by atoms with Crippen LogP contribution >= 0.6 is 23.1 Å². The molecule has 5 rings (SSSR count). The van der Waals surface area contributed by atoms with Gasteiger partial charge in [0.15, 0.2) is 0 Å². The minimum Gasteiger partial charge on any atom is -0.744 e. The number of aromatic hydroxyl groups is 2. The molecule has 1 aromatic heterocycles. The number of anilines is 1. The number of thiazole rings is 1. The van der Waals surface area contributed by atoms with Gasteiger partial charge in [-0.1, -0.05) is 47.7 Å². The summed E-state index contributed by atoms with van der Waals surface area (Å²) in [4.78, 5) is 3.05. The van der Waals surface area contributed by atoms with Gasteiger partial charge in [0.05, 0.1) is 15.6 Å². The Kier molecular flexibility index (Phi) is 8.17. The number of hydrogen-bond acceptors (Lipinski definition) is 8. The highest BCUT2D eigenvalue weighted by molar-refractivity contribution is 8.03. The van der Waals surface area contributed by atoms with Gasteiger partial charge in [-0.05, 0) is 61.4 Å². The van der Waals surface area contributed by atoms with Crippen LogP contribution in [0.1, 0.15) is 23.9 Å². The van der Waals surface area contributed by atoms with E-state index in [0.717, 1.165) is 42.8 Å². The Balaban J connectivity index is 0.000000257. The van der Waals surface area contributed by atoms with Gasteiger partial charge in [-0.2, -0.15) is 4.57 Å². The molecule has 0 saturated carbocycles. The number of phenolic OH excluding ortho intramolecular Hbond substituents is 2. The van der Waals surface area contributed by atoms with Gasteiger partial charge in [0.2, 0.25) is 5.52 Å². The van der Waals surface area contributed by atoms with E-state index in [0.29, 0.717) is 11.5 Å². The van der Waals surface area contributed by atoms with Crippen molar-refractivity contribution in [1.29, 1.82) is 0 Å². The number of allylic oxidation sites excluding steroid dienone is 2. The highest BCUT2D eigenvalue weighted by Crippen LogP contribution is 2.46. The molecule has 2 N–H and O–H groups in total. The molecule has 0 unspecified atom stereocenters. The Morgan fingerprint density at radius 3 is 2.37 bits per heavy atom. The molecule has 0 bridgehead atoms. The molecule has 0 fully saturated rings. The SMILES string of the molecule is CCC(/C=C1\Sc2cc(O)ccc2N1C)=C\c1sc2cc(O)ccc2[n+]1C.Cc1ccc(S(=O)(=O)[O-])cc1. The van der Waals surface area contributed by atoms with Crippen LogP contribution in [0, 0.1) is 6.92 Å². The van der Waals surface area contributed by atoms with E-state index in [2.05, 4.69) is 42.6 Å². The summed E-state index contributed by atoms with van der Waals surface area (Å²) in [5, 5.41) is 21.7. The van der Waals surface area contributed by atoms with E-state index in [1.807, 2.05) is 31.2 Å². The molecule has 38 heavy (non-hydrogen) atoms. The van der Waals surface area contributed by atoms with Crippen LogP contribution in [0.25, 0.3) is 16.3 Å². The molecule has 1 aliphatic heterocycles. The van der Waals surface area contributed by atoms with E-state index < -0.39 is 10.1 Å². The van der Waals surface area contributed by atoms with Crippen molar-refractivity contribution in [3.8, 4) is 11.5 Å². The lowest BCUT2D eigenvalue weighted by Crippen LogP contribution is -2.28.